The number of allylic oxidation sites excluding steroid dienone is 1. The summed E-state index contributed by atoms with van der Waals surface area (Å²) in [5.74, 6) is 0. The summed E-state index contributed by atoms with van der Waals surface area (Å²) in [5.41, 5.74) is 7.05. The van der Waals surface area contributed by atoms with E-state index in [1.54, 1.807) is 11.3 Å². The minimum absolute atomic E-state index is 0.0410. The van der Waals surface area contributed by atoms with Crippen molar-refractivity contribution in [3.63, 3.8) is 0 Å². The molecule has 33 heavy (non-hydrogen) atoms. The van der Waals surface area contributed by atoms with Crippen LogP contribution in [0.3, 0.4) is 0 Å². The summed E-state index contributed by atoms with van der Waals surface area (Å²) in [5, 5.41) is 2.09. The molecule has 6 heteroatoms. The van der Waals surface area contributed by atoms with Crippen LogP contribution in [0.15, 0.2) is 81.4 Å². The second kappa shape index (κ2) is 7.97. The fourth-order valence-electron chi connectivity index (χ4n) is 4.74. The molecular weight excluding hydrogens is 446 g/mol. The number of fused-ring (bicyclic) bond motifs is 3. The fourth-order valence-corrected chi connectivity index (χ4v) is 6.59. The van der Waals surface area contributed by atoms with Crippen LogP contribution in [0.5, 0.6) is 0 Å². The Bertz CT molecular complexity index is 1550. The molecule has 2 aromatic carbocycles. The summed E-state index contributed by atoms with van der Waals surface area (Å²) in [6.07, 6.45) is 3.90. The largest absolute Gasteiger partial charge is 0.378 e. The number of aryl methyl sites for hydroxylation is 1. The lowest BCUT2D eigenvalue weighted by atomic mass is 9.85. The van der Waals surface area contributed by atoms with Crippen LogP contribution in [-0.2, 0) is 6.42 Å². The molecule has 0 spiro atoms. The predicted molar refractivity (Wildman–Crippen MR) is 138 cm³/mol. The number of hydrogen-bond acceptors (Lipinski definition) is 5. The van der Waals surface area contributed by atoms with Crippen LogP contribution in [0.25, 0.3) is 11.8 Å². The van der Waals surface area contributed by atoms with E-state index in [-0.39, 0.29) is 11.6 Å². The van der Waals surface area contributed by atoms with Gasteiger partial charge < -0.3 is 4.90 Å². The molecule has 0 bridgehead atoms. The Morgan fingerprint density at radius 2 is 1.85 bits per heavy atom. The van der Waals surface area contributed by atoms with E-state index in [0.29, 0.717) is 0 Å². The lowest BCUT2D eigenvalue weighted by Crippen LogP contribution is -2.38. The van der Waals surface area contributed by atoms with Gasteiger partial charge in [0.25, 0.3) is 5.56 Å². The van der Waals surface area contributed by atoms with E-state index in [1.807, 2.05) is 24.7 Å². The summed E-state index contributed by atoms with van der Waals surface area (Å²) >= 11 is 3.20. The minimum atomic E-state index is -0.0807. The third kappa shape index (κ3) is 3.41. The third-order valence-electron chi connectivity index (χ3n) is 6.39. The first kappa shape index (κ1) is 20.4. The Kier molecular flexibility index (Phi) is 4.93. The molecule has 1 aliphatic carbocycles. The number of anilines is 1. The van der Waals surface area contributed by atoms with Gasteiger partial charge in [0.05, 0.1) is 16.3 Å². The van der Waals surface area contributed by atoms with Gasteiger partial charge in [-0.15, -0.1) is 11.3 Å². The summed E-state index contributed by atoms with van der Waals surface area (Å²) < 4.78 is 2.64. The second-order valence-corrected chi connectivity index (χ2v) is 10.6. The molecule has 3 heterocycles. The van der Waals surface area contributed by atoms with Crippen LogP contribution in [0.1, 0.15) is 34.0 Å². The lowest BCUT2D eigenvalue weighted by Gasteiger charge is -2.30. The SMILES string of the molecule is CN(C)c1ccc(/C=c2\sc3n(c2=O)C(c2cccs2)C2=C(N=3)c3ccccc3CC2)cc1. The molecular formula is C27H23N3OS2. The fraction of sp³-hybridized carbons (Fsp3) is 0.185. The molecule has 164 valence electrons. The van der Waals surface area contributed by atoms with Crippen molar-refractivity contribution in [3.05, 3.63) is 113 Å². The van der Waals surface area contributed by atoms with Crippen molar-refractivity contribution in [3.8, 4) is 0 Å². The van der Waals surface area contributed by atoms with Gasteiger partial charge in [-0.25, -0.2) is 4.99 Å². The molecule has 1 unspecified atom stereocenters. The Balaban J connectivity index is 1.56. The number of nitrogens with zero attached hydrogens (tertiary/aromatic N) is 3. The number of hydrogen-bond donors (Lipinski definition) is 0. The van der Waals surface area contributed by atoms with Gasteiger partial charge >= 0.3 is 0 Å². The monoisotopic (exact) mass is 469 g/mol. The summed E-state index contributed by atoms with van der Waals surface area (Å²) in [7, 11) is 4.05. The van der Waals surface area contributed by atoms with Gasteiger partial charge in [-0.05, 0) is 59.2 Å². The van der Waals surface area contributed by atoms with Crippen molar-refractivity contribution in [2.45, 2.75) is 18.9 Å². The van der Waals surface area contributed by atoms with Crippen LogP contribution in [0.2, 0.25) is 0 Å². The Morgan fingerprint density at radius 3 is 2.61 bits per heavy atom. The number of thiazole rings is 1. The zero-order chi connectivity index (χ0) is 22.5. The average Bonchev–Trinajstić information content (AvgIpc) is 3.47. The lowest BCUT2D eigenvalue weighted by molar-refractivity contribution is 0.593. The molecule has 2 aliphatic rings. The maximum absolute atomic E-state index is 13.7. The summed E-state index contributed by atoms with van der Waals surface area (Å²) in [4.78, 5) is 22.8. The molecule has 1 aliphatic heterocycles. The number of rotatable bonds is 3. The molecule has 0 saturated heterocycles. The van der Waals surface area contributed by atoms with E-state index >= 15 is 0 Å². The minimum Gasteiger partial charge on any atom is -0.378 e. The highest BCUT2D eigenvalue weighted by Gasteiger charge is 2.32. The van der Waals surface area contributed by atoms with E-state index in [4.69, 9.17) is 4.99 Å². The van der Waals surface area contributed by atoms with Crippen LogP contribution < -0.4 is 19.8 Å². The van der Waals surface area contributed by atoms with Crippen molar-refractivity contribution in [2.75, 3.05) is 19.0 Å². The van der Waals surface area contributed by atoms with Crippen molar-refractivity contribution < 1.29 is 0 Å². The highest BCUT2D eigenvalue weighted by atomic mass is 32.1. The highest BCUT2D eigenvalue weighted by Crippen LogP contribution is 2.42. The summed E-state index contributed by atoms with van der Waals surface area (Å²) in [6.45, 7) is 0. The molecule has 4 nitrogen and oxygen atoms in total. The predicted octanol–water partition coefficient (Wildman–Crippen LogP) is 4.45. The molecule has 0 amide bonds. The van der Waals surface area contributed by atoms with Crippen LogP contribution in [0, 0.1) is 0 Å². The molecule has 6 rings (SSSR count). The van der Waals surface area contributed by atoms with Crippen LogP contribution in [-0.4, -0.2) is 18.7 Å². The van der Waals surface area contributed by atoms with E-state index in [0.717, 1.165) is 39.1 Å². The Labute approximate surface area is 200 Å². The smallest absolute Gasteiger partial charge is 0.271 e. The van der Waals surface area contributed by atoms with Crippen LogP contribution >= 0.6 is 22.7 Å². The number of thiophene rings is 1. The second-order valence-electron chi connectivity index (χ2n) is 8.62. The molecule has 4 aromatic rings. The van der Waals surface area contributed by atoms with Gasteiger partial charge in [0.2, 0.25) is 0 Å². The van der Waals surface area contributed by atoms with Gasteiger partial charge in [0.15, 0.2) is 4.80 Å². The van der Waals surface area contributed by atoms with E-state index in [9.17, 15) is 4.79 Å². The van der Waals surface area contributed by atoms with E-state index < -0.39 is 0 Å². The first-order valence-electron chi connectivity index (χ1n) is 11.0. The van der Waals surface area contributed by atoms with Gasteiger partial charge in [0.1, 0.15) is 0 Å². The van der Waals surface area contributed by atoms with Crippen molar-refractivity contribution in [2.24, 2.45) is 4.99 Å². The third-order valence-corrected chi connectivity index (χ3v) is 8.30. The molecule has 0 fully saturated rings. The quantitative estimate of drug-likeness (QED) is 0.445. The molecule has 0 radical (unpaired) electrons. The van der Waals surface area contributed by atoms with Crippen molar-refractivity contribution in [1.82, 2.24) is 4.57 Å². The van der Waals surface area contributed by atoms with E-state index in [1.165, 1.54) is 32.9 Å². The highest BCUT2D eigenvalue weighted by molar-refractivity contribution is 7.10. The number of benzene rings is 2. The maximum atomic E-state index is 13.7. The molecule has 2 aromatic heterocycles. The number of aromatic nitrogens is 1. The molecule has 0 N–H and O–H groups in total. The Morgan fingerprint density at radius 1 is 1.03 bits per heavy atom. The molecule has 1 atom stereocenters. The first-order valence-corrected chi connectivity index (χ1v) is 12.7. The Hall–Kier alpha value is -3.22. The van der Waals surface area contributed by atoms with Gasteiger partial charge in [0, 0.05) is 30.2 Å². The average molecular weight is 470 g/mol. The summed E-state index contributed by atoms with van der Waals surface area (Å²) in [6, 6.07) is 20.9. The van der Waals surface area contributed by atoms with Gasteiger partial charge in [-0.3, -0.25) is 9.36 Å². The van der Waals surface area contributed by atoms with Crippen molar-refractivity contribution >= 4 is 40.1 Å². The maximum Gasteiger partial charge on any atom is 0.271 e. The normalized spacial score (nSPS) is 17.3. The van der Waals surface area contributed by atoms with E-state index in [2.05, 4.69) is 70.9 Å². The van der Waals surface area contributed by atoms with Gasteiger partial charge in [-0.1, -0.05) is 53.8 Å². The standard InChI is InChI=1S/C27H23N3OS2/c1-29(2)19-12-9-17(10-13-19)16-23-26(31)30-25(22-8-5-15-32-22)21-14-11-18-6-3-4-7-20(18)24(21)28-27(30)33-23/h3-10,12-13,15-16,25H,11,14H2,1-2H3/b23-16-. The van der Waals surface area contributed by atoms with Crippen molar-refractivity contribution in [1.29, 1.82) is 0 Å². The zero-order valence-corrected chi connectivity index (χ0v) is 20.1. The zero-order valence-electron chi connectivity index (χ0n) is 18.5. The van der Waals surface area contributed by atoms with Gasteiger partial charge in [-0.2, -0.15) is 0 Å². The topological polar surface area (TPSA) is 37.6 Å². The first-order chi connectivity index (χ1) is 16.1. The van der Waals surface area contributed by atoms with Crippen LogP contribution in [0.4, 0.5) is 5.69 Å². The molecule has 0 saturated carbocycles.